The molecule has 0 nitrogen and oxygen atoms in total. The van der Waals surface area contributed by atoms with Gasteiger partial charge in [-0.05, 0) is 295 Å². The number of fused-ring (bicyclic) bond motifs is 18. The molecule has 129 heavy (non-hydrogen) atoms. The van der Waals surface area contributed by atoms with Gasteiger partial charge >= 0.3 is 0 Å². The summed E-state index contributed by atoms with van der Waals surface area (Å²) in [5.41, 5.74) is 37.0. The molecule has 0 bridgehead atoms. The van der Waals surface area contributed by atoms with Crippen LogP contribution in [0.5, 0.6) is 0 Å². The second-order valence-corrected chi connectivity index (χ2v) is 37.1. The Hall–Kier alpha value is -15.6. The first-order chi connectivity index (χ1) is 63.3. The summed E-state index contributed by atoms with van der Waals surface area (Å²) in [5.74, 6) is 0. The number of rotatable bonds is 8. The molecule has 0 heterocycles. The minimum absolute atomic E-state index is 0.00847. The topological polar surface area (TPSA) is 0 Å². The van der Waals surface area contributed by atoms with Gasteiger partial charge in [0.05, 0.1) is 0 Å². The lowest BCUT2D eigenvalue weighted by Crippen LogP contribution is -2.14. The molecule has 3 aliphatic carbocycles. The molecule has 3 aliphatic rings. The van der Waals surface area contributed by atoms with E-state index < -0.39 is 0 Å². The third kappa shape index (κ3) is 12.5. The minimum atomic E-state index is 0.00847. The highest BCUT2D eigenvalue weighted by molar-refractivity contribution is 6.26. The van der Waals surface area contributed by atoms with Crippen molar-refractivity contribution in [3.63, 3.8) is 0 Å². The Labute approximate surface area is 754 Å². The maximum atomic E-state index is 2.44. The summed E-state index contributed by atoms with van der Waals surface area (Å²) in [6, 6.07) is 166. The summed E-state index contributed by atoms with van der Waals surface area (Å²) in [6.07, 6.45) is 0. The first-order valence-corrected chi connectivity index (χ1v) is 45.5. The SMILES string of the molecule is CC1(C)c2ccccc2-c2cc(-c3c4ccccc4c(-c4ccc5ccccc5c4)c4ccccc34)ccc21.CC1(C)c2ccccc2-c2cc(-c3cccc(-c4c5ccccc5c(-c5ccc6ccccc6c5)c5ccccc45)c3)ccc21.CC1(C)c2ccccc2-c2cc(-c3cccc(-c4c5ccccc5c(-c5cccc6ccccc56)c5ccccc45)c3)ccc21. The second-order valence-electron chi connectivity index (χ2n) is 37.1. The van der Waals surface area contributed by atoms with Crippen LogP contribution in [-0.2, 0) is 16.2 Å². The van der Waals surface area contributed by atoms with Gasteiger partial charge in [-0.1, -0.05) is 448 Å². The quantitative estimate of drug-likeness (QED) is 0.133. The smallest absolute Gasteiger partial charge is 0.0158 e. The molecule has 0 spiro atoms. The van der Waals surface area contributed by atoms with Crippen molar-refractivity contribution < 1.29 is 0 Å². The van der Waals surface area contributed by atoms with Crippen molar-refractivity contribution in [1.29, 1.82) is 0 Å². The number of hydrogen-bond acceptors (Lipinski definition) is 0. The molecule has 0 fully saturated rings. The molecular formula is C129H92. The zero-order chi connectivity index (χ0) is 86.4. The molecular weight excluding hydrogens is 1550 g/mol. The molecule has 0 heteroatoms. The Kier molecular flexibility index (Phi) is 18.1. The molecule has 0 radical (unpaired) electrons. The van der Waals surface area contributed by atoms with Crippen molar-refractivity contribution in [2.75, 3.05) is 0 Å². The van der Waals surface area contributed by atoms with Gasteiger partial charge in [0.2, 0.25) is 0 Å². The predicted molar refractivity (Wildman–Crippen MR) is 553 cm³/mol. The van der Waals surface area contributed by atoms with E-state index in [1.54, 1.807) is 0 Å². The third-order valence-electron chi connectivity index (χ3n) is 28.9. The van der Waals surface area contributed by atoms with E-state index in [-0.39, 0.29) is 16.2 Å². The largest absolute Gasteiger partial charge is 0.0619 e. The Morgan fingerprint density at radius 3 is 0.674 bits per heavy atom. The molecule has 0 atom stereocenters. The predicted octanol–water partition coefficient (Wildman–Crippen LogP) is 35.7. The van der Waals surface area contributed by atoms with E-state index >= 15 is 0 Å². The van der Waals surface area contributed by atoms with Crippen LogP contribution in [0.15, 0.2) is 449 Å². The summed E-state index contributed by atoms with van der Waals surface area (Å²) in [7, 11) is 0. The van der Waals surface area contributed by atoms with E-state index in [0.717, 1.165) is 0 Å². The molecule has 0 aliphatic heterocycles. The fraction of sp³-hybridized carbons (Fsp3) is 0.0698. The maximum Gasteiger partial charge on any atom is 0.0158 e. The van der Waals surface area contributed by atoms with Crippen LogP contribution in [-0.4, -0.2) is 0 Å². The molecule has 0 saturated heterocycles. The van der Waals surface area contributed by atoms with Gasteiger partial charge in [0.25, 0.3) is 0 Å². The second kappa shape index (κ2) is 30.3. The highest BCUT2D eigenvalue weighted by Crippen LogP contribution is 2.56. The van der Waals surface area contributed by atoms with Gasteiger partial charge in [0, 0.05) is 16.2 Å². The van der Waals surface area contributed by atoms with Gasteiger partial charge < -0.3 is 0 Å². The molecule has 0 unspecified atom stereocenters. The van der Waals surface area contributed by atoms with E-state index in [0.29, 0.717) is 0 Å². The summed E-state index contributed by atoms with van der Waals surface area (Å²) >= 11 is 0. The van der Waals surface area contributed by atoms with Gasteiger partial charge in [-0.15, -0.1) is 0 Å². The number of benzene rings is 23. The van der Waals surface area contributed by atoms with E-state index in [1.165, 1.54) is 253 Å². The van der Waals surface area contributed by atoms with Crippen molar-refractivity contribution in [3.8, 4) is 122 Å². The summed E-state index contributed by atoms with van der Waals surface area (Å²) in [5, 5.41) is 23.0. The molecule has 23 aromatic rings. The van der Waals surface area contributed by atoms with Gasteiger partial charge in [-0.3, -0.25) is 0 Å². The Bertz CT molecular complexity index is 8410. The lowest BCUT2D eigenvalue weighted by molar-refractivity contribution is 0.660. The molecule has 0 aromatic heterocycles. The highest BCUT2D eigenvalue weighted by atomic mass is 14.4. The fourth-order valence-corrected chi connectivity index (χ4v) is 22.7. The van der Waals surface area contributed by atoms with Crippen LogP contribution in [0.25, 0.3) is 219 Å². The third-order valence-corrected chi connectivity index (χ3v) is 28.9. The van der Waals surface area contributed by atoms with Crippen LogP contribution < -0.4 is 0 Å². The van der Waals surface area contributed by atoms with Crippen LogP contribution in [0.3, 0.4) is 0 Å². The molecule has 0 saturated carbocycles. The van der Waals surface area contributed by atoms with E-state index in [2.05, 4.69) is 490 Å². The summed E-state index contributed by atoms with van der Waals surface area (Å²) < 4.78 is 0. The zero-order valence-electron chi connectivity index (χ0n) is 73.2. The van der Waals surface area contributed by atoms with E-state index in [9.17, 15) is 0 Å². The highest BCUT2D eigenvalue weighted by Gasteiger charge is 2.39. The van der Waals surface area contributed by atoms with Crippen molar-refractivity contribution >= 4 is 97.0 Å². The first-order valence-electron chi connectivity index (χ1n) is 45.5. The van der Waals surface area contributed by atoms with Crippen LogP contribution in [0.2, 0.25) is 0 Å². The van der Waals surface area contributed by atoms with Crippen LogP contribution in [0.1, 0.15) is 74.9 Å². The molecule has 0 amide bonds. The van der Waals surface area contributed by atoms with Crippen LogP contribution in [0, 0.1) is 0 Å². The first kappa shape index (κ1) is 77.0. The number of hydrogen-bond donors (Lipinski definition) is 0. The molecule has 608 valence electrons. The Balaban J connectivity index is 0.000000108. The van der Waals surface area contributed by atoms with Crippen molar-refractivity contribution in [1.82, 2.24) is 0 Å². The van der Waals surface area contributed by atoms with Crippen LogP contribution >= 0.6 is 0 Å². The van der Waals surface area contributed by atoms with E-state index in [4.69, 9.17) is 0 Å². The summed E-state index contributed by atoms with van der Waals surface area (Å²) in [4.78, 5) is 0. The lowest BCUT2D eigenvalue weighted by Gasteiger charge is -2.22. The molecule has 0 N–H and O–H groups in total. The monoisotopic (exact) mass is 1640 g/mol. The van der Waals surface area contributed by atoms with Gasteiger partial charge in [0.15, 0.2) is 0 Å². The molecule has 26 rings (SSSR count). The van der Waals surface area contributed by atoms with Gasteiger partial charge in [-0.25, -0.2) is 0 Å². The Morgan fingerprint density at radius 1 is 0.116 bits per heavy atom. The zero-order valence-corrected chi connectivity index (χ0v) is 73.2. The average Bonchev–Trinajstić information content (AvgIpc) is 1.28. The standard InChI is InChI=1S/2C45H32.C39H28/c1-45(2)41-24-10-9-18-34(41)40-28-31(25-26-42(40)45)30-15-11-16-32(27-30)43-36-19-5-7-21-38(36)44(39-22-8-6-20-37(39)43)35-23-12-14-29-13-3-4-17-33(29)35;1-45(2)41-21-10-9-16-35(41)40-28-32(24-25-42(40)45)31-14-11-15-33(27-31)43-36-17-5-7-19-38(36)44(39-20-8-6-18-37(39)43)34-23-22-29-12-3-4-13-30(29)26-34;1-39(2)35-18-10-9-13-29(35)34-24-28(21-22-36(34)39)38-32-16-7-5-14-30(32)37(31-15-6-8-17-33(31)38)27-20-19-25-11-3-4-12-26(25)23-27/h2*3-28H,1-2H3;3-24H,1-2H3. The minimum Gasteiger partial charge on any atom is -0.0619 e. The Morgan fingerprint density at radius 2 is 0.326 bits per heavy atom. The van der Waals surface area contributed by atoms with Crippen molar-refractivity contribution in [2.45, 2.75) is 57.8 Å². The van der Waals surface area contributed by atoms with Gasteiger partial charge in [0.1, 0.15) is 0 Å². The van der Waals surface area contributed by atoms with Crippen molar-refractivity contribution in [3.05, 3.63) is 482 Å². The fourth-order valence-electron chi connectivity index (χ4n) is 22.7. The van der Waals surface area contributed by atoms with Gasteiger partial charge in [-0.2, -0.15) is 0 Å². The maximum absolute atomic E-state index is 2.44. The average molecular weight is 1640 g/mol. The lowest BCUT2D eigenvalue weighted by atomic mass is 9.81. The summed E-state index contributed by atoms with van der Waals surface area (Å²) in [6.45, 7) is 14.1. The normalized spacial score (nSPS) is 13.4. The van der Waals surface area contributed by atoms with E-state index in [1.807, 2.05) is 0 Å². The van der Waals surface area contributed by atoms with Crippen molar-refractivity contribution in [2.24, 2.45) is 0 Å². The molecule has 23 aromatic carbocycles. The van der Waals surface area contributed by atoms with Crippen LogP contribution in [0.4, 0.5) is 0 Å².